The highest BCUT2D eigenvalue weighted by molar-refractivity contribution is 5.83. The highest BCUT2D eigenvalue weighted by atomic mass is 16.1. The Kier molecular flexibility index (Phi) is 4.86. The van der Waals surface area contributed by atoms with E-state index in [1.807, 2.05) is 32.7 Å². The summed E-state index contributed by atoms with van der Waals surface area (Å²) in [5, 5.41) is 4.08. The van der Waals surface area contributed by atoms with E-state index in [1.54, 1.807) is 6.20 Å². The number of Topliss-reactive ketones (excluding diaryl/α,β-unsaturated/α-hetero) is 1. The third kappa shape index (κ3) is 4.19. The molecule has 106 valence electrons. The van der Waals surface area contributed by atoms with Gasteiger partial charge in [0.05, 0.1) is 11.9 Å². The van der Waals surface area contributed by atoms with Crippen LogP contribution in [-0.2, 0) is 11.3 Å². The third-order valence-electron chi connectivity index (χ3n) is 2.98. The van der Waals surface area contributed by atoms with E-state index in [1.165, 1.54) is 10.7 Å². The van der Waals surface area contributed by atoms with Crippen molar-refractivity contribution in [2.24, 2.45) is 5.41 Å². The van der Waals surface area contributed by atoms with E-state index in [0.717, 1.165) is 18.7 Å². The van der Waals surface area contributed by atoms with E-state index in [2.05, 4.69) is 12.0 Å². The molecule has 19 heavy (non-hydrogen) atoms. The molecule has 0 amide bonds. The van der Waals surface area contributed by atoms with E-state index < -0.39 is 5.41 Å². The van der Waals surface area contributed by atoms with Gasteiger partial charge in [-0.2, -0.15) is 5.10 Å². The Morgan fingerprint density at radius 2 is 2.05 bits per heavy atom. The first-order valence-electron chi connectivity index (χ1n) is 6.57. The highest BCUT2D eigenvalue weighted by Gasteiger charge is 2.22. The zero-order valence-electron chi connectivity index (χ0n) is 12.4. The second kappa shape index (κ2) is 5.99. The van der Waals surface area contributed by atoms with Crippen molar-refractivity contribution in [2.45, 2.75) is 40.7 Å². The van der Waals surface area contributed by atoms with Crippen LogP contribution < -0.4 is 10.5 Å². The lowest BCUT2D eigenvalue weighted by molar-refractivity contribution is -0.127. The number of nitrogens with zero attached hydrogens (tertiary/aromatic N) is 3. The van der Waals surface area contributed by atoms with Crippen molar-refractivity contribution in [1.29, 1.82) is 0 Å². The van der Waals surface area contributed by atoms with Crippen molar-refractivity contribution >= 4 is 11.5 Å². The molecule has 1 heterocycles. The summed E-state index contributed by atoms with van der Waals surface area (Å²) < 4.78 is 1.22. The van der Waals surface area contributed by atoms with E-state index in [0.29, 0.717) is 0 Å². The minimum Gasteiger partial charge on any atom is -0.373 e. The molecular formula is C14H23N3O2. The normalized spacial score (nSPS) is 11.4. The second-order valence-corrected chi connectivity index (χ2v) is 5.80. The fraction of sp³-hybridized carbons (Fsp3) is 0.643. The Labute approximate surface area is 114 Å². The molecule has 5 heteroatoms. The predicted octanol–water partition coefficient (Wildman–Crippen LogP) is 1.70. The Balaban J connectivity index is 2.90. The summed E-state index contributed by atoms with van der Waals surface area (Å²) in [5.74, 6) is -0.00300. The maximum atomic E-state index is 11.9. The van der Waals surface area contributed by atoms with Crippen molar-refractivity contribution < 1.29 is 4.79 Å². The molecule has 5 nitrogen and oxygen atoms in total. The lowest BCUT2D eigenvalue weighted by Crippen LogP contribution is -2.32. The SMILES string of the molecule is CCCN(C)c1cnn(CC(=O)C(C)(C)C)c(=O)c1. The smallest absolute Gasteiger partial charge is 0.269 e. The minimum absolute atomic E-state index is 0.00300. The fourth-order valence-corrected chi connectivity index (χ4v) is 1.59. The van der Waals surface area contributed by atoms with Gasteiger partial charge in [-0.1, -0.05) is 27.7 Å². The number of hydrogen-bond acceptors (Lipinski definition) is 4. The molecule has 1 rings (SSSR count). The molecule has 0 aliphatic rings. The average molecular weight is 265 g/mol. The lowest BCUT2D eigenvalue weighted by Gasteiger charge is -2.19. The molecule has 1 aromatic heterocycles. The number of ketones is 1. The molecule has 0 spiro atoms. The summed E-state index contributed by atoms with van der Waals surface area (Å²) in [6, 6.07) is 1.53. The van der Waals surface area contributed by atoms with Gasteiger partial charge < -0.3 is 4.90 Å². The van der Waals surface area contributed by atoms with Gasteiger partial charge >= 0.3 is 0 Å². The van der Waals surface area contributed by atoms with Crippen LogP contribution in [0.3, 0.4) is 0 Å². The molecule has 0 aliphatic heterocycles. The van der Waals surface area contributed by atoms with E-state index in [-0.39, 0.29) is 17.9 Å². The monoisotopic (exact) mass is 265 g/mol. The first kappa shape index (κ1) is 15.4. The number of carbonyl (C=O) groups is 1. The van der Waals surface area contributed by atoms with Crippen molar-refractivity contribution in [2.75, 3.05) is 18.5 Å². The largest absolute Gasteiger partial charge is 0.373 e. The molecule has 0 aromatic carbocycles. The second-order valence-electron chi connectivity index (χ2n) is 5.80. The fourth-order valence-electron chi connectivity index (χ4n) is 1.59. The van der Waals surface area contributed by atoms with E-state index in [4.69, 9.17) is 0 Å². The minimum atomic E-state index is -0.460. The molecule has 0 radical (unpaired) electrons. The van der Waals surface area contributed by atoms with Gasteiger partial charge in [0.25, 0.3) is 5.56 Å². The number of hydrogen-bond donors (Lipinski definition) is 0. The van der Waals surface area contributed by atoms with Crippen LogP contribution >= 0.6 is 0 Å². The number of rotatable bonds is 5. The van der Waals surface area contributed by atoms with Crippen LogP contribution in [0.4, 0.5) is 5.69 Å². The standard InChI is InChI=1S/C14H23N3O2/c1-6-7-16(5)11-8-13(19)17(15-9-11)10-12(18)14(2,3)4/h8-9H,6-7,10H2,1-5H3. The van der Waals surface area contributed by atoms with Crippen molar-refractivity contribution in [3.05, 3.63) is 22.6 Å². The van der Waals surface area contributed by atoms with E-state index in [9.17, 15) is 9.59 Å². The van der Waals surface area contributed by atoms with Crippen LogP contribution in [0.1, 0.15) is 34.1 Å². The first-order valence-corrected chi connectivity index (χ1v) is 6.57. The van der Waals surface area contributed by atoms with Crippen LogP contribution in [0.5, 0.6) is 0 Å². The summed E-state index contributed by atoms with van der Waals surface area (Å²) in [6.07, 6.45) is 2.63. The molecule has 0 bridgehead atoms. The molecule has 0 fully saturated rings. The van der Waals surface area contributed by atoms with Gasteiger partial charge in [0.2, 0.25) is 0 Å². The summed E-state index contributed by atoms with van der Waals surface area (Å²) in [5.41, 5.74) is 0.0862. The molecule has 0 saturated carbocycles. The number of anilines is 1. The van der Waals surface area contributed by atoms with Crippen LogP contribution in [0.2, 0.25) is 0 Å². The maximum absolute atomic E-state index is 11.9. The van der Waals surface area contributed by atoms with Gasteiger partial charge in [-0.25, -0.2) is 4.68 Å². The highest BCUT2D eigenvalue weighted by Crippen LogP contribution is 2.15. The van der Waals surface area contributed by atoms with Crippen LogP contribution in [0.15, 0.2) is 17.1 Å². The van der Waals surface area contributed by atoms with Gasteiger partial charge in [0, 0.05) is 25.1 Å². The van der Waals surface area contributed by atoms with E-state index >= 15 is 0 Å². The quantitative estimate of drug-likeness (QED) is 0.813. The average Bonchev–Trinajstić information content (AvgIpc) is 2.30. The molecular weight excluding hydrogens is 242 g/mol. The van der Waals surface area contributed by atoms with Gasteiger partial charge in [0.15, 0.2) is 5.78 Å². The molecule has 0 aliphatic carbocycles. The van der Waals surface area contributed by atoms with Crippen LogP contribution in [-0.4, -0.2) is 29.2 Å². The zero-order chi connectivity index (χ0) is 14.6. The van der Waals surface area contributed by atoms with Gasteiger partial charge in [-0.05, 0) is 6.42 Å². The Hall–Kier alpha value is -1.65. The summed E-state index contributed by atoms with van der Waals surface area (Å²) in [6.45, 7) is 8.48. The topological polar surface area (TPSA) is 55.2 Å². The Morgan fingerprint density at radius 1 is 1.42 bits per heavy atom. The predicted molar refractivity (Wildman–Crippen MR) is 76.5 cm³/mol. The lowest BCUT2D eigenvalue weighted by atomic mass is 9.91. The first-order chi connectivity index (χ1) is 8.75. The van der Waals surface area contributed by atoms with Gasteiger partial charge in [-0.3, -0.25) is 9.59 Å². The molecule has 0 atom stereocenters. The van der Waals surface area contributed by atoms with Crippen LogP contribution in [0.25, 0.3) is 0 Å². The van der Waals surface area contributed by atoms with Crippen LogP contribution in [0, 0.1) is 5.41 Å². The molecule has 0 unspecified atom stereocenters. The summed E-state index contributed by atoms with van der Waals surface area (Å²) in [4.78, 5) is 25.8. The Bertz CT molecular complexity index is 500. The number of aromatic nitrogens is 2. The summed E-state index contributed by atoms with van der Waals surface area (Å²) in [7, 11) is 1.92. The number of carbonyl (C=O) groups excluding carboxylic acids is 1. The summed E-state index contributed by atoms with van der Waals surface area (Å²) >= 11 is 0. The van der Waals surface area contributed by atoms with Crippen molar-refractivity contribution in [3.8, 4) is 0 Å². The molecule has 0 N–H and O–H groups in total. The maximum Gasteiger partial charge on any atom is 0.269 e. The zero-order valence-corrected chi connectivity index (χ0v) is 12.4. The molecule has 1 aromatic rings. The van der Waals surface area contributed by atoms with Crippen molar-refractivity contribution in [1.82, 2.24) is 9.78 Å². The van der Waals surface area contributed by atoms with Gasteiger partial charge in [0.1, 0.15) is 6.54 Å². The third-order valence-corrected chi connectivity index (χ3v) is 2.98. The van der Waals surface area contributed by atoms with Gasteiger partial charge in [-0.15, -0.1) is 0 Å². The van der Waals surface area contributed by atoms with Crippen molar-refractivity contribution in [3.63, 3.8) is 0 Å². The Morgan fingerprint density at radius 3 is 2.53 bits per heavy atom. The molecule has 0 saturated heterocycles.